The maximum Gasteiger partial charge on any atom is 0.312 e. The molecule has 13 heavy (non-hydrogen) atoms. The van der Waals surface area contributed by atoms with Gasteiger partial charge in [-0.1, -0.05) is 0 Å². The van der Waals surface area contributed by atoms with Gasteiger partial charge < -0.3 is 9.84 Å². The molecule has 2 unspecified atom stereocenters. The molecule has 0 bridgehead atoms. The van der Waals surface area contributed by atoms with Gasteiger partial charge in [0.15, 0.2) is 0 Å². The third-order valence-corrected chi connectivity index (χ3v) is 3.00. The molecule has 1 N–H and O–H groups in total. The Hall–Kier alpha value is -1.06. The molecule has 0 amide bonds. The Kier molecular flexibility index (Phi) is 2.10. The third-order valence-electron chi connectivity index (χ3n) is 3.00. The van der Waals surface area contributed by atoms with Crippen LogP contribution in [0.5, 0.6) is 0 Å². The molecule has 74 valence electrons. The van der Waals surface area contributed by atoms with Gasteiger partial charge in [-0.25, -0.2) is 0 Å². The molecule has 0 aromatic heterocycles. The SMILES string of the molecule is CCOC(=O)C1(C)CC1(C)C(=O)O. The summed E-state index contributed by atoms with van der Waals surface area (Å²) >= 11 is 0. The molecule has 1 aliphatic rings. The molecule has 0 radical (unpaired) electrons. The number of carbonyl (C=O) groups is 2. The average molecular weight is 186 g/mol. The van der Waals surface area contributed by atoms with E-state index in [0.29, 0.717) is 13.0 Å². The van der Waals surface area contributed by atoms with E-state index in [0.717, 1.165) is 0 Å². The van der Waals surface area contributed by atoms with Crippen LogP contribution in [-0.4, -0.2) is 23.7 Å². The fourth-order valence-electron chi connectivity index (χ4n) is 1.56. The van der Waals surface area contributed by atoms with Gasteiger partial charge >= 0.3 is 11.9 Å². The van der Waals surface area contributed by atoms with Crippen molar-refractivity contribution in [1.82, 2.24) is 0 Å². The van der Waals surface area contributed by atoms with Gasteiger partial charge in [0.2, 0.25) is 0 Å². The predicted octanol–water partition coefficient (Wildman–Crippen LogP) is 1.05. The van der Waals surface area contributed by atoms with Crippen LogP contribution in [0.25, 0.3) is 0 Å². The molecule has 0 spiro atoms. The molecule has 4 heteroatoms. The van der Waals surface area contributed by atoms with Gasteiger partial charge in [-0.2, -0.15) is 0 Å². The number of carbonyl (C=O) groups excluding carboxylic acids is 1. The first-order chi connectivity index (χ1) is 5.88. The maximum absolute atomic E-state index is 11.4. The van der Waals surface area contributed by atoms with Crippen molar-refractivity contribution in [2.75, 3.05) is 6.61 Å². The van der Waals surface area contributed by atoms with Crippen LogP contribution in [0.1, 0.15) is 27.2 Å². The molecule has 1 aliphatic carbocycles. The van der Waals surface area contributed by atoms with Crippen molar-refractivity contribution in [3.8, 4) is 0 Å². The highest BCUT2D eigenvalue weighted by Crippen LogP contribution is 2.64. The molecule has 1 rings (SSSR count). The van der Waals surface area contributed by atoms with Gasteiger partial charge in [-0.3, -0.25) is 9.59 Å². The summed E-state index contributed by atoms with van der Waals surface area (Å²) in [5, 5.41) is 8.86. The van der Waals surface area contributed by atoms with Crippen molar-refractivity contribution >= 4 is 11.9 Å². The van der Waals surface area contributed by atoms with E-state index in [1.54, 1.807) is 20.8 Å². The highest BCUT2D eigenvalue weighted by atomic mass is 16.5. The summed E-state index contributed by atoms with van der Waals surface area (Å²) in [7, 11) is 0. The monoisotopic (exact) mass is 186 g/mol. The van der Waals surface area contributed by atoms with E-state index in [-0.39, 0.29) is 0 Å². The number of carboxylic acids is 1. The average Bonchev–Trinajstić information content (AvgIpc) is 2.59. The normalized spacial score (nSPS) is 36.8. The largest absolute Gasteiger partial charge is 0.481 e. The van der Waals surface area contributed by atoms with Crippen molar-refractivity contribution in [3.63, 3.8) is 0 Å². The molecule has 0 aliphatic heterocycles. The van der Waals surface area contributed by atoms with Crippen molar-refractivity contribution in [3.05, 3.63) is 0 Å². The summed E-state index contributed by atoms with van der Waals surface area (Å²) in [4.78, 5) is 22.2. The Balaban J connectivity index is 2.74. The summed E-state index contributed by atoms with van der Waals surface area (Å²) in [6.07, 6.45) is 0.369. The van der Waals surface area contributed by atoms with Gasteiger partial charge in [0.25, 0.3) is 0 Å². The zero-order valence-electron chi connectivity index (χ0n) is 8.09. The van der Waals surface area contributed by atoms with Crippen LogP contribution >= 0.6 is 0 Å². The van der Waals surface area contributed by atoms with E-state index in [1.807, 2.05) is 0 Å². The molecule has 0 saturated heterocycles. The van der Waals surface area contributed by atoms with E-state index < -0.39 is 22.8 Å². The summed E-state index contributed by atoms with van der Waals surface area (Å²) in [6, 6.07) is 0. The first-order valence-electron chi connectivity index (χ1n) is 4.29. The van der Waals surface area contributed by atoms with Crippen LogP contribution in [0.15, 0.2) is 0 Å². The van der Waals surface area contributed by atoms with Crippen molar-refractivity contribution in [2.24, 2.45) is 10.8 Å². The lowest BCUT2D eigenvalue weighted by molar-refractivity contribution is -0.156. The number of ether oxygens (including phenoxy) is 1. The van der Waals surface area contributed by atoms with Crippen LogP contribution in [0, 0.1) is 10.8 Å². The minimum absolute atomic E-state index is 0.296. The molecule has 1 saturated carbocycles. The zero-order valence-corrected chi connectivity index (χ0v) is 8.09. The molecular weight excluding hydrogens is 172 g/mol. The van der Waals surface area contributed by atoms with Crippen molar-refractivity contribution in [1.29, 1.82) is 0 Å². The number of carboxylic acid groups (broad SMARTS) is 1. The van der Waals surface area contributed by atoms with Crippen molar-refractivity contribution in [2.45, 2.75) is 27.2 Å². The summed E-state index contributed by atoms with van der Waals surface area (Å²) < 4.78 is 4.81. The summed E-state index contributed by atoms with van der Waals surface area (Å²) in [5.41, 5.74) is -1.76. The second-order valence-corrected chi connectivity index (χ2v) is 3.87. The Labute approximate surface area is 76.9 Å². The minimum Gasteiger partial charge on any atom is -0.481 e. The molecule has 0 aromatic carbocycles. The Morgan fingerprint density at radius 1 is 1.38 bits per heavy atom. The van der Waals surface area contributed by atoms with Gasteiger partial charge in [-0.15, -0.1) is 0 Å². The third kappa shape index (κ3) is 1.20. The Bertz CT molecular complexity index is 260. The summed E-state index contributed by atoms with van der Waals surface area (Å²) in [6.45, 7) is 5.22. The lowest BCUT2D eigenvalue weighted by atomic mass is 9.96. The number of rotatable bonds is 3. The maximum atomic E-state index is 11.4. The van der Waals surface area contributed by atoms with Crippen LogP contribution in [0.2, 0.25) is 0 Å². The lowest BCUT2D eigenvalue weighted by Crippen LogP contribution is -2.26. The van der Waals surface area contributed by atoms with Crippen LogP contribution in [0.4, 0.5) is 0 Å². The van der Waals surface area contributed by atoms with Crippen LogP contribution in [-0.2, 0) is 14.3 Å². The number of hydrogen-bond donors (Lipinski definition) is 1. The van der Waals surface area contributed by atoms with E-state index in [2.05, 4.69) is 0 Å². The standard InChI is InChI=1S/C9H14O4/c1-4-13-7(12)9(3)5-8(9,2)6(10)11/h4-5H2,1-3H3,(H,10,11). The first kappa shape index (κ1) is 10.0. The zero-order chi connectivity index (χ0) is 10.3. The number of aliphatic carboxylic acids is 1. The molecule has 2 atom stereocenters. The molecule has 4 nitrogen and oxygen atoms in total. The molecule has 1 fully saturated rings. The van der Waals surface area contributed by atoms with E-state index in [4.69, 9.17) is 9.84 Å². The van der Waals surface area contributed by atoms with Gasteiger partial charge in [0, 0.05) is 0 Å². The van der Waals surface area contributed by atoms with E-state index >= 15 is 0 Å². The molecule has 0 aromatic rings. The quantitative estimate of drug-likeness (QED) is 0.669. The topological polar surface area (TPSA) is 63.6 Å². The van der Waals surface area contributed by atoms with Crippen molar-refractivity contribution < 1.29 is 19.4 Å². The second kappa shape index (κ2) is 2.72. The van der Waals surface area contributed by atoms with Gasteiger partial charge in [0.1, 0.15) is 0 Å². The lowest BCUT2D eigenvalue weighted by Gasteiger charge is -2.12. The van der Waals surface area contributed by atoms with Gasteiger partial charge in [0.05, 0.1) is 17.4 Å². The fourth-order valence-corrected chi connectivity index (χ4v) is 1.56. The van der Waals surface area contributed by atoms with Crippen LogP contribution in [0.3, 0.4) is 0 Å². The fraction of sp³-hybridized carbons (Fsp3) is 0.778. The Morgan fingerprint density at radius 3 is 2.23 bits per heavy atom. The second-order valence-electron chi connectivity index (χ2n) is 3.87. The van der Waals surface area contributed by atoms with E-state index in [9.17, 15) is 9.59 Å². The Morgan fingerprint density at radius 2 is 1.92 bits per heavy atom. The van der Waals surface area contributed by atoms with Crippen LogP contribution < -0.4 is 0 Å². The first-order valence-corrected chi connectivity index (χ1v) is 4.29. The highest BCUT2D eigenvalue weighted by molar-refractivity contribution is 5.93. The molecular formula is C9H14O4. The van der Waals surface area contributed by atoms with E-state index in [1.165, 1.54) is 0 Å². The minimum atomic E-state index is -0.931. The molecule has 0 heterocycles. The van der Waals surface area contributed by atoms with Gasteiger partial charge in [-0.05, 0) is 27.2 Å². The summed E-state index contributed by atoms with van der Waals surface area (Å²) in [5.74, 6) is -1.33. The number of hydrogen-bond acceptors (Lipinski definition) is 3. The smallest absolute Gasteiger partial charge is 0.312 e. The highest BCUT2D eigenvalue weighted by Gasteiger charge is 2.71. The predicted molar refractivity (Wildman–Crippen MR) is 45.1 cm³/mol. The number of esters is 1.